The van der Waals surface area contributed by atoms with Crippen molar-refractivity contribution in [3.05, 3.63) is 0 Å². The van der Waals surface area contributed by atoms with Crippen molar-refractivity contribution in [2.45, 2.75) is 31.7 Å². The average Bonchev–Trinajstić information content (AvgIpc) is 2.80. The number of likely N-dealkylation sites (tertiary alicyclic amines) is 2. The molecule has 2 aliphatic heterocycles. The van der Waals surface area contributed by atoms with Crippen molar-refractivity contribution in [1.29, 1.82) is 0 Å². The molecule has 94 valence electrons. The van der Waals surface area contributed by atoms with Crippen molar-refractivity contribution >= 4 is 0 Å². The van der Waals surface area contributed by atoms with Crippen LogP contribution >= 0.6 is 0 Å². The van der Waals surface area contributed by atoms with E-state index in [1.54, 1.807) is 0 Å². The van der Waals surface area contributed by atoms with Crippen molar-refractivity contribution in [2.75, 3.05) is 46.8 Å². The topological polar surface area (TPSA) is 18.5 Å². The number of hydrogen-bond acceptors (Lipinski definition) is 3. The lowest BCUT2D eigenvalue weighted by atomic mass is 9.89. The Balaban J connectivity index is 1.79. The van der Waals surface area contributed by atoms with Crippen LogP contribution in [0.4, 0.5) is 0 Å². The third-order valence-corrected chi connectivity index (χ3v) is 4.36. The largest absolute Gasteiger partial charge is 0.315 e. The lowest BCUT2D eigenvalue weighted by molar-refractivity contribution is 0.163. The van der Waals surface area contributed by atoms with Crippen molar-refractivity contribution in [1.82, 2.24) is 15.1 Å². The van der Waals surface area contributed by atoms with Gasteiger partial charge in [-0.3, -0.25) is 0 Å². The maximum Gasteiger partial charge on any atom is 0.0221 e. The van der Waals surface area contributed by atoms with Crippen LogP contribution in [0.1, 0.15) is 25.7 Å². The van der Waals surface area contributed by atoms with Gasteiger partial charge < -0.3 is 15.1 Å². The van der Waals surface area contributed by atoms with E-state index in [4.69, 9.17) is 0 Å². The zero-order chi connectivity index (χ0) is 11.4. The molecule has 2 saturated heterocycles. The summed E-state index contributed by atoms with van der Waals surface area (Å²) in [6, 6.07) is 0.715. The van der Waals surface area contributed by atoms with E-state index < -0.39 is 0 Å². The maximum atomic E-state index is 3.55. The molecule has 2 aliphatic rings. The lowest BCUT2D eigenvalue weighted by Crippen LogP contribution is -2.46. The van der Waals surface area contributed by atoms with Gasteiger partial charge in [-0.2, -0.15) is 0 Å². The monoisotopic (exact) mass is 225 g/mol. The van der Waals surface area contributed by atoms with E-state index in [0.29, 0.717) is 6.04 Å². The third-order valence-electron chi connectivity index (χ3n) is 4.36. The van der Waals surface area contributed by atoms with Gasteiger partial charge in [0.25, 0.3) is 0 Å². The molecule has 0 amide bonds. The molecule has 2 fully saturated rings. The summed E-state index contributed by atoms with van der Waals surface area (Å²) in [5, 5.41) is 3.55. The first-order valence-corrected chi connectivity index (χ1v) is 6.88. The van der Waals surface area contributed by atoms with Crippen LogP contribution in [0.25, 0.3) is 0 Å². The van der Waals surface area contributed by atoms with Crippen molar-refractivity contribution in [2.24, 2.45) is 5.92 Å². The summed E-state index contributed by atoms with van der Waals surface area (Å²) < 4.78 is 0. The standard InChI is InChI=1S/C13H27N3/c1-14-13(11-16-7-3-4-8-16)12-5-9-15(2)10-6-12/h12-14H,3-11H2,1-2H3/t13-/m0/s1. The highest BCUT2D eigenvalue weighted by molar-refractivity contribution is 4.84. The quantitative estimate of drug-likeness (QED) is 0.770. The van der Waals surface area contributed by atoms with Crippen LogP contribution in [0.2, 0.25) is 0 Å². The molecule has 0 bridgehead atoms. The minimum atomic E-state index is 0.715. The molecular weight excluding hydrogens is 198 g/mol. The van der Waals surface area contributed by atoms with Crippen molar-refractivity contribution < 1.29 is 0 Å². The van der Waals surface area contributed by atoms with Gasteiger partial charge in [-0.05, 0) is 71.9 Å². The van der Waals surface area contributed by atoms with Crippen LogP contribution < -0.4 is 5.32 Å². The van der Waals surface area contributed by atoms with Crippen LogP contribution in [-0.2, 0) is 0 Å². The molecule has 0 unspecified atom stereocenters. The third kappa shape index (κ3) is 3.19. The molecule has 1 atom stereocenters. The van der Waals surface area contributed by atoms with Crippen molar-refractivity contribution in [3.8, 4) is 0 Å². The minimum absolute atomic E-state index is 0.715. The summed E-state index contributed by atoms with van der Waals surface area (Å²) in [5.74, 6) is 0.891. The fourth-order valence-corrected chi connectivity index (χ4v) is 3.15. The van der Waals surface area contributed by atoms with Crippen LogP contribution in [0.15, 0.2) is 0 Å². The summed E-state index contributed by atoms with van der Waals surface area (Å²) >= 11 is 0. The summed E-state index contributed by atoms with van der Waals surface area (Å²) in [5.41, 5.74) is 0. The number of rotatable bonds is 4. The van der Waals surface area contributed by atoms with Gasteiger partial charge in [0.2, 0.25) is 0 Å². The van der Waals surface area contributed by atoms with E-state index in [2.05, 4.69) is 29.2 Å². The Morgan fingerprint density at radius 1 is 1.12 bits per heavy atom. The fourth-order valence-electron chi connectivity index (χ4n) is 3.15. The molecule has 0 spiro atoms. The lowest BCUT2D eigenvalue weighted by Gasteiger charge is -2.36. The van der Waals surface area contributed by atoms with Gasteiger partial charge >= 0.3 is 0 Å². The first-order valence-electron chi connectivity index (χ1n) is 6.88. The van der Waals surface area contributed by atoms with Gasteiger partial charge in [0, 0.05) is 12.6 Å². The Kier molecular flexibility index (Phi) is 4.62. The number of nitrogens with one attached hydrogen (secondary N) is 1. The Hall–Kier alpha value is -0.120. The smallest absolute Gasteiger partial charge is 0.0221 e. The molecule has 3 nitrogen and oxygen atoms in total. The predicted octanol–water partition coefficient (Wildman–Crippen LogP) is 1.01. The SMILES string of the molecule is CN[C@@H](CN1CCCC1)C1CCN(C)CC1. The predicted molar refractivity (Wildman–Crippen MR) is 68.7 cm³/mol. The fraction of sp³-hybridized carbons (Fsp3) is 1.00. The first kappa shape index (κ1) is 12.3. The summed E-state index contributed by atoms with van der Waals surface area (Å²) in [7, 11) is 4.38. The highest BCUT2D eigenvalue weighted by Gasteiger charge is 2.26. The van der Waals surface area contributed by atoms with E-state index >= 15 is 0 Å². The Labute approximate surface area is 100 Å². The van der Waals surface area contributed by atoms with Gasteiger partial charge in [-0.25, -0.2) is 0 Å². The van der Waals surface area contributed by atoms with Crippen LogP contribution in [0.5, 0.6) is 0 Å². The first-order chi connectivity index (χ1) is 7.79. The normalized spacial score (nSPS) is 27.4. The molecule has 1 N–H and O–H groups in total. The van der Waals surface area contributed by atoms with Gasteiger partial charge in [-0.15, -0.1) is 0 Å². The Bertz CT molecular complexity index is 193. The molecule has 0 aromatic carbocycles. The zero-order valence-corrected chi connectivity index (χ0v) is 10.9. The average molecular weight is 225 g/mol. The molecule has 0 aromatic heterocycles. The second-order valence-corrected chi connectivity index (χ2v) is 5.54. The highest BCUT2D eigenvalue weighted by Crippen LogP contribution is 2.21. The molecule has 0 saturated carbocycles. The molecule has 2 rings (SSSR count). The second-order valence-electron chi connectivity index (χ2n) is 5.54. The minimum Gasteiger partial charge on any atom is -0.315 e. The molecule has 16 heavy (non-hydrogen) atoms. The molecule has 3 heteroatoms. The van der Waals surface area contributed by atoms with Gasteiger partial charge in [-0.1, -0.05) is 0 Å². The molecule has 0 aliphatic carbocycles. The highest BCUT2D eigenvalue weighted by atomic mass is 15.2. The van der Waals surface area contributed by atoms with Crippen LogP contribution in [-0.4, -0.2) is 62.7 Å². The van der Waals surface area contributed by atoms with Gasteiger partial charge in [0.15, 0.2) is 0 Å². The Morgan fingerprint density at radius 3 is 2.31 bits per heavy atom. The number of likely N-dealkylation sites (N-methyl/N-ethyl adjacent to an activating group) is 1. The summed E-state index contributed by atoms with van der Waals surface area (Å²) in [6.45, 7) is 6.48. The molecule has 2 heterocycles. The van der Waals surface area contributed by atoms with E-state index in [0.717, 1.165) is 5.92 Å². The van der Waals surface area contributed by atoms with Crippen molar-refractivity contribution in [3.63, 3.8) is 0 Å². The molecule has 0 aromatic rings. The second kappa shape index (κ2) is 5.99. The van der Waals surface area contributed by atoms with E-state index in [1.807, 2.05) is 0 Å². The number of piperidine rings is 1. The number of hydrogen-bond donors (Lipinski definition) is 1. The summed E-state index contributed by atoms with van der Waals surface area (Å²) in [4.78, 5) is 5.10. The van der Waals surface area contributed by atoms with Crippen LogP contribution in [0.3, 0.4) is 0 Å². The maximum absolute atomic E-state index is 3.55. The zero-order valence-electron chi connectivity index (χ0n) is 10.9. The molecular formula is C13H27N3. The number of nitrogens with zero attached hydrogens (tertiary/aromatic N) is 2. The van der Waals surface area contributed by atoms with E-state index in [-0.39, 0.29) is 0 Å². The molecule has 0 radical (unpaired) electrons. The Morgan fingerprint density at radius 2 is 1.75 bits per heavy atom. The van der Waals surface area contributed by atoms with E-state index in [1.165, 1.54) is 58.4 Å². The van der Waals surface area contributed by atoms with E-state index in [9.17, 15) is 0 Å². The van der Waals surface area contributed by atoms with Crippen LogP contribution in [0, 0.1) is 5.92 Å². The van der Waals surface area contributed by atoms with Gasteiger partial charge in [0.05, 0.1) is 0 Å². The summed E-state index contributed by atoms with van der Waals surface area (Å²) in [6.07, 6.45) is 5.55. The van der Waals surface area contributed by atoms with Gasteiger partial charge in [0.1, 0.15) is 0 Å².